The van der Waals surface area contributed by atoms with Crippen LogP contribution in [0.4, 0.5) is 0 Å². The average molecular weight is 306 g/mol. The number of nitrogens with one attached hydrogen (secondary N) is 2. The van der Waals surface area contributed by atoms with E-state index in [0.717, 1.165) is 18.1 Å². The molecule has 0 spiro atoms. The van der Waals surface area contributed by atoms with Crippen LogP contribution in [0, 0.1) is 6.92 Å². The fourth-order valence-electron chi connectivity index (χ4n) is 2.41. The lowest BCUT2D eigenvalue weighted by Gasteiger charge is -2.21. The van der Waals surface area contributed by atoms with Crippen molar-refractivity contribution in [1.82, 2.24) is 10.6 Å². The first-order valence-electron chi connectivity index (χ1n) is 7.57. The fraction of sp³-hybridized carbons (Fsp3) is 0.588. The minimum absolute atomic E-state index is 0.0167. The molecule has 1 fully saturated rings. The van der Waals surface area contributed by atoms with E-state index < -0.39 is 0 Å². The first kappa shape index (κ1) is 16.4. The summed E-state index contributed by atoms with van der Waals surface area (Å²) in [6.45, 7) is 9.53. The zero-order valence-corrected chi connectivity index (χ0v) is 14.3. The van der Waals surface area contributed by atoms with Crippen LogP contribution in [0.3, 0.4) is 0 Å². The Labute approximate surface area is 132 Å². The normalized spacial score (nSPS) is 18.8. The van der Waals surface area contributed by atoms with Gasteiger partial charge in [-0.3, -0.25) is 10.1 Å². The molecule has 3 nitrogen and oxygen atoms in total. The van der Waals surface area contributed by atoms with Crippen molar-refractivity contribution >= 4 is 17.7 Å². The first-order chi connectivity index (χ1) is 9.88. The van der Waals surface area contributed by atoms with E-state index in [9.17, 15) is 4.79 Å². The molecule has 116 valence electrons. The van der Waals surface area contributed by atoms with Gasteiger partial charge in [-0.1, -0.05) is 39.0 Å². The summed E-state index contributed by atoms with van der Waals surface area (Å²) in [5.74, 6) is 1.89. The molecule has 0 aromatic heterocycles. The number of carbonyl (C=O) groups excluding carboxylic acids is 1. The summed E-state index contributed by atoms with van der Waals surface area (Å²) < 4.78 is 0. The maximum atomic E-state index is 12.0. The van der Waals surface area contributed by atoms with E-state index in [1.165, 1.54) is 16.7 Å². The van der Waals surface area contributed by atoms with Gasteiger partial charge < -0.3 is 5.32 Å². The quantitative estimate of drug-likeness (QED) is 0.898. The van der Waals surface area contributed by atoms with E-state index >= 15 is 0 Å². The molecule has 0 aliphatic carbocycles. The van der Waals surface area contributed by atoms with Gasteiger partial charge in [0.05, 0.1) is 6.04 Å². The van der Waals surface area contributed by atoms with E-state index in [1.807, 2.05) is 0 Å². The van der Waals surface area contributed by atoms with Crippen LogP contribution in [0.25, 0.3) is 0 Å². The van der Waals surface area contributed by atoms with E-state index in [4.69, 9.17) is 0 Å². The number of amides is 1. The molecule has 1 amide bonds. The van der Waals surface area contributed by atoms with Crippen LogP contribution in [-0.4, -0.2) is 30.1 Å². The minimum Gasteiger partial charge on any atom is -0.354 e. The highest BCUT2D eigenvalue weighted by atomic mass is 32.2. The fourth-order valence-corrected chi connectivity index (χ4v) is 3.36. The van der Waals surface area contributed by atoms with Gasteiger partial charge in [0.2, 0.25) is 5.91 Å². The number of aryl methyl sites for hydroxylation is 1. The number of thioether (sulfide) groups is 1. The van der Waals surface area contributed by atoms with Gasteiger partial charge in [0.15, 0.2) is 0 Å². The molecule has 4 heteroatoms. The van der Waals surface area contributed by atoms with Crippen LogP contribution in [-0.2, 0) is 16.6 Å². The molecule has 1 heterocycles. The van der Waals surface area contributed by atoms with E-state index in [-0.39, 0.29) is 17.4 Å². The van der Waals surface area contributed by atoms with E-state index in [1.54, 1.807) is 11.8 Å². The first-order valence-corrected chi connectivity index (χ1v) is 8.72. The molecule has 1 atom stereocenters. The SMILES string of the molecule is Cc1ccc(C(C)(C)C)cc1CCNC(=O)C1CSCN1. The molecule has 2 N–H and O–H groups in total. The van der Waals surface area contributed by atoms with Gasteiger partial charge >= 0.3 is 0 Å². The van der Waals surface area contributed by atoms with Gasteiger partial charge in [0.1, 0.15) is 0 Å². The third-order valence-electron chi connectivity index (χ3n) is 3.94. The Bertz CT molecular complexity index is 502. The van der Waals surface area contributed by atoms with Crippen molar-refractivity contribution in [2.45, 2.75) is 45.6 Å². The molecule has 1 unspecified atom stereocenters. The van der Waals surface area contributed by atoms with Crippen LogP contribution in [0.15, 0.2) is 18.2 Å². The lowest BCUT2D eigenvalue weighted by molar-refractivity contribution is -0.122. The summed E-state index contributed by atoms with van der Waals surface area (Å²) in [6.07, 6.45) is 0.890. The maximum Gasteiger partial charge on any atom is 0.238 e. The summed E-state index contributed by atoms with van der Waals surface area (Å²) in [5, 5.41) is 6.24. The minimum atomic E-state index is -0.0167. The second-order valence-electron chi connectivity index (χ2n) is 6.70. The predicted octanol–water partition coefficient (Wildman–Crippen LogP) is 2.61. The van der Waals surface area contributed by atoms with Crippen LogP contribution >= 0.6 is 11.8 Å². The average Bonchev–Trinajstić information content (AvgIpc) is 2.93. The van der Waals surface area contributed by atoms with Crippen molar-refractivity contribution < 1.29 is 4.79 Å². The third kappa shape index (κ3) is 4.48. The standard InChI is InChI=1S/C17H26N2OS/c1-12-5-6-14(17(2,3)4)9-13(12)7-8-18-16(20)15-10-21-11-19-15/h5-6,9,15,19H,7-8,10-11H2,1-4H3,(H,18,20). The largest absolute Gasteiger partial charge is 0.354 e. The smallest absolute Gasteiger partial charge is 0.238 e. The van der Waals surface area contributed by atoms with Gasteiger partial charge in [-0.05, 0) is 35.4 Å². The summed E-state index contributed by atoms with van der Waals surface area (Å²) in [5.41, 5.74) is 4.14. The summed E-state index contributed by atoms with van der Waals surface area (Å²) >= 11 is 1.78. The third-order valence-corrected chi connectivity index (χ3v) is 4.88. The molecular weight excluding hydrogens is 280 g/mol. The summed E-state index contributed by atoms with van der Waals surface area (Å²) in [4.78, 5) is 12.0. The molecule has 1 aromatic rings. The second-order valence-corrected chi connectivity index (χ2v) is 7.73. The predicted molar refractivity (Wildman–Crippen MR) is 90.8 cm³/mol. The lowest BCUT2D eigenvalue weighted by Crippen LogP contribution is -2.42. The zero-order valence-electron chi connectivity index (χ0n) is 13.5. The molecule has 2 rings (SSSR count). The maximum absolute atomic E-state index is 12.0. The van der Waals surface area contributed by atoms with Crippen LogP contribution in [0.1, 0.15) is 37.5 Å². The number of hydrogen-bond acceptors (Lipinski definition) is 3. The van der Waals surface area contributed by atoms with Crippen LogP contribution < -0.4 is 10.6 Å². The molecule has 1 aliphatic rings. The van der Waals surface area contributed by atoms with Gasteiger partial charge in [0.25, 0.3) is 0 Å². The van der Waals surface area contributed by atoms with Crippen molar-refractivity contribution in [3.8, 4) is 0 Å². The number of rotatable bonds is 4. The Morgan fingerprint density at radius 2 is 2.19 bits per heavy atom. The molecule has 1 saturated heterocycles. The molecule has 1 aromatic carbocycles. The summed E-state index contributed by atoms with van der Waals surface area (Å²) in [6, 6.07) is 6.66. The Morgan fingerprint density at radius 3 is 2.81 bits per heavy atom. The number of carbonyl (C=O) groups is 1. The van der Waals surface area contributed by atoms with E-state index in [2.05, 4.69) is 56.5 Å². The Balaban J connectivity index is 1.92. The number of hydrogen-bond donors (Lipinski definition) is 2. The highest BCUT2D eigenvalue weighted by Crippen LogP contribution is 2.24. The molecular formula is C17H26N2OS. The van der Waals surface area contributed by atoms with Crippen molar-refractivity contribution in [2.75, 3.05) is 18.2 Å². The van der Waals surface area contributed by atoms with Gasteiger partial charge in [-0.2, -0.15) is 0 Å². The Kier molecular flexibility index (Phi) is 5.33. The highest BCUT2D eigenvalue weighted by molar-refractivity contribution is 7.99. The van der Waals surface area contributed by atoms with Crippen molar-refractivity contribution in [1.29, 1.82) is 0 Å². The van der Waals surface area contributed by atoms with Gasteiger partial charge in [-0.15, -0.1) is 11.8 Å². The van der Waals surface area contributed by atoms with Gasteiger partial charge in [0, 0.05) is 18.2 Å². The molecule has 1 aliphatic heterocycles. The Hall–Kier alpha value is -1.000. The topological polar surface area (TPSA) is 41.1 Å². The van der Waals surface area contributed by atoms with Crippen LogP contribution in [0.5, 0.6) is 0 Å². The monoisotopic (exact) mass is 306 g/mol. The van der Waals surface area contributed by atoms with Crippen molar-refractivity contribution in [3.05, 3.63) is 34.9 Å². The second kappa shape index (κ2) is 6.84. The highest BCUT2D eigenvalue weighted by Gasteiger charge is 2.22. The van der Waals surface area contributed by atoms with Crippen LogP contribution in [0.2, 0.25) is 0 Å². The van der Waals surface area contributed by atoms with Crippen molar-refractivity contribution in [3.63, 3.8) is 0 Å². The molecule has 21 heavy (non-hydrogen) atoms. The van der Waals surface area contributed by atoms with Crippen molar-refractivity contribution in [2.24, 2.45) is 0 Å². The number of benzene rings is 1. The summed E-state index contributed by atoms with van der Waals surface area (Å²) in [7, 11) is 0. The van der Waals surface area contributed by atoms with E-state index in [0.29, 0.717) is 6.54 Å². The molecule has 0 bridgehead atoms. The molecule has 0 saturated carbocycles. The zero-order chi connectivity index (χ0) is 15.5. The lowest BCUT2D eigenvalue weighted by atomic mass is 9.85. The van der Waals surface area contributed by atoms with Gasteiger partial charge in [-0.25, -0.2) is 0 Å². The molecule has 0 radical (unpaired) electrons. The Morgan fingerprint density at radius 1 is 1.43 bits per heavy atom.